The highest BCUT2D eigenvalue weighted by molar-refractivity contribution is 6.23. The van der Waals surface area contributed by atoms with Crippen molar-refractivity contribution in [3.8, 4) is 0 Å². The maximum absolute atomic E-state index is 11.4. The van der Waals surface area contributed by atoms with Crippen molar-refractivity contribution in [3.05, 3.63) is 35.4 Å². The van der Waals surface area contributed by atoms with Crippen LogP contribution in [0.25, 0.3) is 0 Å². The minimum Gasteiger partial charge on any atom is -0.305 e. The average molecular weight is 189 g/mol. The van der Waals surface area contributed by atoms with Gasteiger partial charge in [0.15, 0.2) is 5.84 Å². The second-order valence-electron chi connectivity index (χ2n) is 3.30. The molecule has 0 saturated heterocycles. The van der Waals surface area contributed by atoms with E-state index in [1.165, 1.54) is 0 Å². The van der Waals surface area contributed by atoms with Crippen LogP contribution in [0.1, 0.15) is 15.9 Å². The van der Waals surface area contributed by atoms with Crippen LogP contribution in [0.5, 0.6) is 0 Å². The molecule has 1 N–H and O–H groups in total. The number of nitrogens with one attached hydrogen (secondary N) is 1. The quantitative estimate of drug-likeness (QED) is 0.659. The van der Waals surface area contributed by atoms with Gasteiger partial charge in [0.1, 0.15) is 0 Å². The van der Waals surface area contributed by atoms with E-state index in [0.717, 1.165) is 5.56 Å². The first-order valence-electron chi connectivity index (χ1n) is 4.35. The molecule has 4 nitrogen and oxygen atoms in total. The zero-order chi connectivity index (χ0) is 10.1. The highest BCUT2D eigenvalue weighted by atomic mass is 16.2. The Hall–Kier alpha value is -1.84. The van der Waals surface area contributed by atoms with Crippen LogP contribution in [0.3, 0.4) is 0 Å². The average Bonchev–Trinajstić information content (AvgIpc) is 2.44. The molecule has 0 spiro atoms. The Labute approximate surface area is 82.2 Å². The second kappa shape index (κ2) is 3.14. The Kier molecular flexibility index (Phi) is 1.96. The second-order valence-corrected chi connectivity index (χ2v) is 3.30. The van der Waals surface area contributed by atoms with E-state index in [9.17, 15) is 4.79 Å². The summed E-state index contributed by atoms with van der Waals surface area (Å²) in [5, 5.41) is 8.57. The van der Waals surface area contributed by atoms with Crippen molar-refractivity contribution in [2.75, 3.05) is 14.1 Å². The van der Waals surface area contributed by atoms with Gasteiger partial charge in [0, 0.05) is 19.7 Å². The number of amidine groups is 1. The monoisotopic (exact) mass is 189 g/mol. The molecule has 0 aromatic heterocycles. The summed E-state index contributed by atoms with van der Waals surface area (Å²) in [5.74, 6) is 0.539. The lowest BCUT2D eigenvalue weighted by atomic mass is 10.1. The molecule has 14 heavy (non-hydrogen) atoms. The summed E-state index contributed by atoms with van der Waals surface area (Å²) in [5.41, 5.74) is 1.55. The summed E-state index contributed by atoms with van der Waals surface area (Å²) in [4.78, 5) is 11.4. The fraction of sp³-hybridized carbons (Fsp3) is 0.200. The van der Waals surface area contributed by atoms with Crippen LogP contribution in [0.15, 0.2) is 29.4 Å². The summed E-state index contributed by atoms with van der Waals surface area (Å²) < 4.78 is 0. The number of nitrogens with zero attached hydrogens (tertiary/aromatic N) is 2. The van der Waals surface area contributed by atoms with E-state index in [2.05, 4.69) is 10.4 Å². The van der Waals surface area contributed by atoms with Crippen LogP contribution in [0.4, 0.5) is 0 Å². The highest BCUT2D eigenvalue weighted by Gasteiger charge is 2.24. The minimum absolute atomic E-state index is 0.0822. The van der Waals surface area contributed by atoms with Crippen LogP contribution in [-0.2, 0) is 0 Å². The normalized spacial score (nSPS) is 16.7. The lowest BCUT2D eigenvalue weighted by Gasteiger charge is -2.05. The standard InChI is InChI=1S/C10H11N3O/c1-13(2)12-9-7-5-3-4-6-8(7)10(14)11-9/h3-6H,1-2H3,(H,11,12,14). The first kappa shape index (κ1) is 8.74. The summed E-state index contributed by atoms with van der Waals surface area (Å²) in [6.07, 6.45) is 0. The molecule has 0 saturated carbocycles. The fourth-order valence-corrected chi connectivity index (χ4v) is 1.41. The molecule has 0 fully saturated rings. The van der Waals surface area contributed by atoms with Crippen molar-refractivity contribution in [3.63, 3.8) is 0 Å². The van der Waals surface area contributed by atoms with Crippen LogP contribution >= 0.6 is 0 Å². The first-order valence-corrected chi connectivity index (χ1v) is 4.35. The summed E-state index contributed by atoms with van der Waals surface area (Å²) in [6.45, 7) is 0. The Morgan fingerprint density at radius 1 is 1.21 bits per heavy atom. The SMILES string of the molecule is CN(C)/N=C1/NC(=O)c2ccccc21. The number of carbonyl (C=O) groups is 1. The largest absolute Gasteiger partial charge is 0.305 e. The number of benzene rings is 1. The van der Waals surface area contributed by atoms with Crippen molar-refractivity contribution in [1.29, 1.82) is 0 Å². The van der Waals surface area contributed by atoms with E-state index >= 15 is 0 Å². The van der Waals surface area contributed by atoms with Gasteiger partial charge in [-0.1, -0.05) is 18.2 Å². The highest BCUT2D eigenvalue weighted by Crippen LogP contribution is 2.15. The van der Waals surface area contributed by atoms with Gasteiger partial charge in [-0.2, -0.15) is 5.10 Å². The summed E-state index contributed by atoms with van der Waals surface area (Å²) in [6, 6.07) is 7.42. The molecule has 1 aromatic rings. The molecule has 1 aliphatic heterocycles. The van der Waals surface area contributed by atoms with E-state index in [0.29, 0.717) is 11.4 Å². The number of hydrogen-bond acceptors (Lipinski definition) is 3. The van der Waals surface area contributed by atoms with Gasteiger partial charge < -0.3 is 10.3 Å². The van der Waals surface area contributed by atoms with Crippen molar-refractivity contribution in [2.24, 2.45) is 5.10 Å². The number of rotatable bonds is 1. The zero-order valence-corrected chi connectivity index (χ0v) is 8.11. The first-order chi connectivity index (χ1) is 6.68. The third-order valence-corrected chi connectivity index (χ3v) is 1.96. The predicted molar refractivity (Wildman–Crippen MR) is 54.1 cm³/mol. The third-order valence-electron chi connectivity index (χ3n) is 1.96. The molecule has 0 atom stereocenters. The van der Waals surface area contributed by atoms with Crippen molar-refractivity contribution < 1.29 is 4.79 Å². The smallest absolute Gasteiger partial charge is 0.257 e. The Balaban J connectivity index is 2.49. The summed E-state index contributed by atoms with van der Waals surface area (Å²) >= 11 is 0. The maximum atomic E-state index is 11.4. The number of hydrogen-bond donors (Lipinski definition) is 1. The van der Waals surface area contributed by atoms with E-state index in [-0.39, 0.29) is 5.91 Å². The van der Waals surface area contributed by atoms with Gasteiger partial charge in [-0.3, -0.25) is 4.79 Å². The molecular formula is C10H11N3O. The van der Waals surface area contributed by atoms with Crippen LogP contribution < -0.4 is 5.32 Å². The zero-order valence-electron chi connectivity index (χ0n) is 8.11. The molecular weight excluding hydrogens is 178 g/mol. The minimum atomic E-state index is -0.0822. The lowest BCUT2D eigenvalue weighted by Crippen LogP contribution is -2.23. The van der Waals surface area contributed by atoms with E-state index in [1.54, 1.807) is 11.1 Å². The predicted octanol–water partition coefficient (Wildman–Crippen LogP) is 0.653. The van der Waals surface area contributed by atoms with Gasteiger partial charge in [0.05, 0.1) is 5.56 Å². The van der Waals surface area contributed by atoms with Crippen LogP contribution in [-0.4, -0.2) is 30.8 Å². The van der Waals surface area contributed by atoms with Crippen LogP contribution in [0, 0.1) is 0 Å². The number of carbonyl (C=O) groups excluding carboxylic acids is 1. The number of amides is 1. The van der Waals surface area contributed by atoms with Crippen molar-refractivity contribution >= 4 is 11.7 Å². The number of hydrazone groups is 1. The van der Waals surface area contributed by atoms with Crippen LogP contribution in [0.2, 0.25) is 0 Å². The van der Waals surface area contributed by atoms with Gasteiger partial charge in [-0.05, 0) is 6.07 Å². The van der Waals surface area contributed by atoms with E-state index < -0.39 is 0 Å². The van der Waals surface area contributed by atoms with Crippen molar-refractivity contribution in [2.45, 2.75) is 0 Å². The fourth-order valence-electron chi connectivity index (χ4n) is 1.41. The Bertz CT molecular complexity index is 410. The molecule has 4 heteroatoms. The van der Waals surface area contributed by atoms with E-state index in [4.69, 9.17) is 0 Å². The van der Waals surface area contributed by atoms with E-state index in [1.807, 2.05) is 32.3 Å². The molecule has 0 radical (unpaired) electrons. The van der Waals surface area contributed by atoms with Gasteiger partial charge >= 0.3 is 0 Å². The molecule has 1 aliphatic rings. The molecule has 72 valence electrons. The Morgan fingerprint density at radius 3 is 2.50 bits per heavy atom. The van der Waals surface area contributed by atoms with Gasteiger partial charge in [0.25, 0.3) is 5.91 Å². The summed E-state index contributed by atoms with van der Waals surface area (Å²) in [7, 11) is 3.64. The third kappa shape index (κ3) is 1.35. The van der Waals surface area contributed by atoms with Gasteiger partial charge in [-0.25, -0.2) is 0 Å². The molecule has 1 heterocycles. The van der Waals surface area contributed by atoms with Crippen molar-refractivity contribution in [1.82, 2.24) is 10.3 Å². The maximum Gasteiger partial charge on any atom is 0.257 e. The van der Waals surface area contributed by atoms with Gasteiger partial charge in [0.2, 0.25) is 0 Å². The van der Waals surface area contributed by atoms with Gasteiger partial charge in [-0.15, -0.1) is 0 Å². The molecule has 1 aromatic carbocycles. The lowest BCUT2D eigenvalue weighted by molar-refractivity contribution is 0.0983. The molecule has 0 unspecified atom stereocenters. The molecule has 2 rings (SSSR count). The molecule has 0 bridgehead atoms. The number of fused-ring (bicyclic) bond motifs is 1. The molecule has 0 aliphatic carbocycles. The molecule has 1 amide bonds. The Morgan fingerprint density at radius 2 is 1.86 bits per heavy atom. The topological polar surface area (TPSA) is 44.7 Å².